The van der Waals surface area contributed by atoms with Gasteiger partial charge in [0.1, 0.15) is 45.5 Å². The molecule has 212 valence electrons. The molecule has 0 unspecified atom stereocenters. The van der Waals surface area contributed by atoms with Crippen LogP contribution in [0.3, 0.4) is 0 Å². The van der Waals surface area contributed by atoms with Gasteiger partial charge in [0.05, 0.1) is 36.6 Å². The summed E-state index contributed by atoms with van der Waals surface area (Å²) >= 11 is 13.1. The number of ether oxygens (including phenoxy) is 3. The Kier molecular flexibility index (Phi) is 8.39. The Morgan fingerprint density at radius 3 is 2.44 bits per heavy atom. The lowest BCUT2D eigenvalue weighted by atomic mass is 10.0. The molecule has 11 nitrogen and oxygen atoms in total. The summed E-state index contributed by atoms with van der Waals surface area (Å²) in [7, 11) is 4.97. The number of likely N-dealkylation sites (tertiary alicyclic amines) is 1. The monoisotopic (exact) mass is 596 g/mol. The maximum atomic E-state index is 11.9. The molecular weight excluding hydrogens is 571 g/mol. The fraction of sp³-hybridized carbons (Fsp3) is 0.250. The molecule has 0 saturated carbocycles. The zero-order valence-electron chi connectivity index (χ0n) is 22.4. The van der Waals surface area contributed by atoms with Crippen molar-refractivity contribution in [3.8, 4) is 28.5 Å². The Morgan fingerprint density at radius 2 is 1.78 bits per heavy atom. The van der Waals surface area contributed by atoms with Gasteiger partial charge in [-0.1, -0.05) is 23.2 Å². The van der Waals surface area contributed by atoms with Gasteiger partial charge in [-0.25, -0.2) is 15.0 Å². The first-order valence-electron chi connectivity index (χ1n) is 12.5. The first-order chi connectivity index (χ1) is 19.8. The fourth-order valence-corrected chi connectivity index (χ4v) is 5.10. The van der Waals surface area contributed by atoms with Crippen LogP contribution < -0.4 is 19.5 Å². The number of hydrogen-bond donors (Lipinski definition) is 1. The number of likely N-dealkylation sites (N-methyl/N-ethyl adjacent to an activating group) is 1. The number of nitro groups is 1. The van der Waals surface area contributed by atoms with Crippen molar-refractivity contribution in [1.29, 1.82) is 0 Å². The zero-order chi connectivity index (χ0) is 29.1. The lowest BCUT2D eigenvalue weighted by Crippen LogP contribution is -2.51. The molecule has 4 aromatic rings. The van der Waals surface area contributed by atoms with Gasteiger partial charge in [0.25, 0.3) is 5.69 Å². The van der Waals surface area contributed by atoms with Gasteiger partial charge in [-0.3, -0.25) is 15.0 Å². The second-order valence-corrected chi connectivity index (χ2v) is 10.1. The summed E-state index contributed by atoms with van der Waals surface area (Å²) in [6, 6.07) is 11.9. The van der Waals surface area contributed by atoms with Gasteiger partial charge in [0, 0.05) is 48.6 Å². The molecule has 1 saturated heterocycles. The third kappa shape index (κ3) is 6.12. The summed E-state index contributed by atoms with van der Waals surface area (Å²) in [6.07, 6.45) is 3.26. The van der Waals surface area contributed by atoms with Crippen LogP contribution in [0.5, 0.6) is 17.2 Å². The van der Waals surface area contributed by atoms with E-state index in [-0.39, 0.29) is 28.3 Å². The van der Waals surface area contributed by atoms with Crippen molar-refractivity contribution in [2.75, 3.05) is 39.7 Å². The Labute approximate surface area is 246 Å². The minimum Gasteiger partial charge on any atom is -0.495 e. The third-order valence-electron chi connectivity index (χ3n) is 6.58. The van der Waals surface area contributed by atoms with Crippen LogP contribution in [0.15, 0.2) is 55.0 Å². The molecule has 3 heterocycles. The van der Waals surface area contributed by atoms with Crippen molar-refractivity contribution in [1.82, 2.24) is 19.9 Å². The molecule has 5 rings (SSSR count). The number of nitrogens with zero attached hydrogens (tertiary/aromatic N) is 5. The van der Waals surface area contributed by atoms with E-state index in [4.69, 9.17) is 37.4 Å². The van der Waals surface area contributed by atoms with Crippen LogP contribution >= 0.6 is 23.2 Å². The molecule has 1 aliphatic heterocycles. The smallest absolute Gasteiger partial charge is 0.276 e. The summed E-state index contributed by atoms with van der Waals surface area (Å²) in [5.74, 6) is 1.63. The molecule has 0 aliphatic carbocycles. The van der Waals surface area contributed by atoms with E-state index < -0.39 is 4.92 Å². The molecule has 41 heavy (non-hydrogen) atoms. The van der Waals surface area contributed by atoms with Crippen molar-refractivity contribution in [3.05, 3.63) is 86.4 Å². The Morgan fingerprint density at radius 1 is 1.05 bits per heavy atom. The van der Waals surface area contributed by atoms with Crippen molar-refractivity contribution >= 4 is 40.4 Å². The van der Waals surface area contributed by atoms with Crippen molar-refractivity contribution < 1.29 is 19.1 Å². The van der Waals surface area contributed by atoms with Gasteiger partial charge < -0.3 is 19.5 Å². The standard InChI is InChI=1S/C28H26Cl2N6O5/c1-35-13-19(14-35)41-18-7-6-16(22(11-18)36(37)38)9-17-10-21(33-15-32-17)20-5-4-8-31-28(20)34-27-25(29)23(39-2)12-24(40-3)26(27)30/h4-8,10-12,15,19H,9,13-14H2,1-3H3,(H,31,34). The predicted molar refractivity (Wildman–Crippen MR) is 156 cm³/mol. The van der Waals surface area contributed by atoms with Gasteiger partial charge >= 0.3 is 0 Å². The lowest BCUT2D eigenvalue weighted by Gasteiger charge is -2.35. The Balaban J connectivity index is 1.43. The van der Waals surface area contributed by atoms with Gasteiger partial charge in [0.2, 0.25) is 0 Å². The van der Waals surface area contributed by atoms with Crippen LogP contribution in [0.25, 0.3) is 11.3 Å². The summed E-state index contributed by atoms with van der Waals surface area (Å²) < 4.78 is 16.6. The number of hydrogen-bond acceptors (Lipinski definition) is 10. The number of methoxy groups -OCH3 is 2. The van der Waals surface area contributed by atoms with E-state index in [1.807, 2.05) is 13.1 Å². The van der Waals surface area contributed by atoms with E-state index in [9.17, 15) is 10.1 Å². The number of pyridine rings is 1. The van der Waals surface area contributed by atoms with Crippen LogP contribution in [0.2, 0.25) is 10.0 Å². The number of benzene rings is 2. The first kappa shape index (κ1) is 28.3. The average molecular weight is 597 g/mol. The topological polar surface area (TPSA) is 125 Å². The number of nitrogens with one attached hydrogen (secondary N) is 1. The minimum absolute atomic E-state index is 0.0278. The first-order valence-corrected chi connectivity index (χ1v) is 13.3. The number of rotatable bonds is 10. The molecule has 0 spiro atoms. The number of anilines is 2. The molecule has 1 N–H and O–H groups in total. The van der Waals surface area contributed by atoms with E-state index in [1.54, 1.807) is 36.5 Å². The van der Waals surface area contributed by atoms with E-state index in [2.05, 4.69) is 25.2 Å². The Hall–Kier alpha value is -4.19. The van der Waals surface area contributed by atoms with Gasteiger partial charge in [-0.2, -0.15) is 0 Å². The van der Waals surface area contributed by atoms with Crippen LogP contribution in [0, 0.1) is 10.1 Å². The van der Waals surface area contributed by atoms with E-state index in [0.717, 1.165) is 13.1 Å². The average Bonchev–Trinajstić information content (AvgIpc) is 2.95. The third-order valence-corrected chi connectivity index (χ3v) is 7.33. The van der Waals surface area contributed by atoms with E-state index in [0.29, 0.717) is 51.3 Å². The molecule has 1 fully saturated rings. The highest BCUT2D eigenvalue weighted by Gasteiger charge is 2.26. The molecule has 1 aliphatic rings. The fourth-order valence-electron chi connectivity index (χ4n) is 4.51. The molecular formula is C28H26Cl2N6O5. The highest BCUT2D eigenvalue weighted by molar-refractivity contribution is 6.41. The largest absolute Gasteiger partial charge is 0.495 e. The van der Waals surface area contributed by atoms with Crippen LogP contribution in [0.1, 0.15) is 11.3 Å². The summed E-state index contributed by atoms with van der Waals surface area (Å²) in [5.41, 5.74) is 2.59. The predicted octanol–water partition coefficient (Wildman–Crippen LogP) is 5.80. The van der Waals surface area contributed by atoms with Gasteiger partial charge in [0.15, 0.2) is 0 Å². The highest BCUT2D eigenvalue weighted by atomic mass is 35.5. The second kappa shape index (κ2) is 12.1. The zero-order valence-corrected chi connectivity index (χ0v) is 23.9. The lowest BCUT2D eigenvalue weighted by molar-refractivity contribution is -0.385. The van der Waals surface area contributed by atoms with Gasteiger partial charge in [-0.05, 0) is 37.4 Å². The maximum absolute atomic E-state index is 11.9. The normalized spacial score (nSPS) is 13.4. The van der Waals surface area contributed by atoms with E-state index >= 15 is 0 Å². The van der Waals surface area contributed by atoms with E-state index in [1.165, 1.54) is 26.6 Å². The summed E-state index contributed by atoms with van der Waals surface area (Å²) in [4.78, 5) is 26.9. The maximum Gasteiger partial charge on any atom is 0.276 e. The molecule has 0 radical (unpaired) electrons. The summed E-state index contributed by atoms with van der Waals surface area (Å²) in [6.45, 7) is 1.57. The molecule has 13 heteroatoms. The summed E-state index contributed by atoms with van der Waals surface area (Å²) in [5, 5.41) is 15.6. The molecule has 0 atom stereocenters. The quantitative estimate of drug-likeness (QED) is 0.177. The molecule has 2 aromatic heterocycles. The molecule has 2 aromatic carbocycles. The highest BCUT2D eigenvalue weighted by Crippen LogP contribution is 2.45. The SMILES string of the molecule is COc1cc(OC)c(Cl)c(Nc2ncccc2-c2cc(Cc3ccc(OC4CN(C)C4)cc3[N+](=O)[O-])ncn2)c1Cl. The number of aromatic nitrogens is 3. The number of nitro benzene ring substituents is 1. The van der Waals surface area contributed by atoms with Crippen molar-refractivity contribution in [2.45, 2.75) is 12.5 Å². The molecule has 0 amide bonds. The van der Waals surface area contributed by atoms with Crippen LogP contribution in [-0.2, 0) is 6.42 Å². The molecule has 0 bridgehead atoms. The second-order valence-electron chi connectivity index (χ2n) is 9.39. The number of halogens is 2. The van der Waals surface area contributed by atoms with Crippen molar-refractivity contribution in [2.24, 2.45) is 0 Å². The van der Waals surface area contributed by atoms with Crippen LogP contribution in [0.4, 0.5) is 17.2 Å². The minimum atomic E-state index is -0.407. The van der Waals surface area contributed by atoms with Crippen LogP contribution in [-0.4, -0.2) is 65.2 Å². The van der Waals surface area contributed by atoms with Crippen molar-refractivity contribution in [3.63, 3.8) is 0 Å². The Bertz CT molecular complexity index is 1570. The van der Waals surface area contributed by atoms with Gasteiger partial charge in [-0.15, -0.1) is 0 Å².